The molecule has 1 amide bonds. The Morgan fingerprint density at radius 3 is 2.27 bits per heavy atom. The van der Waals surface area contributed by atoms with Crippen molar-refractivity contribution in [3.63, 3.8) is 0 Å². The molecule has 0 aromatic heterocycles. The van der Waals surface area contributed by atoms with E-state index in [1.165, 1.54) is 60.7 Å². The fourth-order valence-electron chi connectivity index (χ4n) is 3.22. The quantitative estimate of drug-likeness (QED) is 0.240. The maximum Gasteiger partial charge on any atom is 0.261 e. The Morgan fingerprint density at radius 2 is 1.57 bits per heavy atom. The number of benzene rings is 4. The summed E-state index contributed by atoms with van der Waals surface area (Å²) >= 11 is 18.3. The van der Waals surface area contributed by atoms with E-state index in [-0.39, 0.29) is 37.4 Å². The van der Waals surface area contributed by atoms with Crippen LogP contribution in [0.15, 0.2) is 89.8 Å². The first kappa shape index (κ1) is 26.3. The number of sulfonamides is 1. The number of rotatable bonds is 7. The fraction of sp³-hybridized carbons (Fsp3) is 0. The van der Waals surface area contributed by atoms with Crippen molar-refractivity contribution in [3.8, 4) is 17.6 Å². The summed E-state index contributed by atoms with van der Waals surface area (Å²) in [4.78, 5) is 13.0. The molecule has 0 aliphatic rings. The topological polar surface area (TPSA) is 108 Å². The van der Waals surface area contributed by atoms with Crippen molar-refractivity contribution in [3.05, 3.63) is 111 Å². The maximum atomic E-state index is 13.1. The predicted octanol–water partition coefficient (Wildman–Crippen LogP) is 7.36. The van der Waals surface area contributed by atoms with Gasteiger partial charge in [-0.3, -0.25) is 9.52 Å². The van der Waals surface area contributed by atoms with Gasteiger partial charge in [-0.05, 0) is 72.8 Å². The number of halogens is 3. The summed E-state index contributed by atoms with van der Waals surface area (Å²) < 4.78 is 34.3. The van der Waals surface area contributed by atoms with E-state index in [4.69, 9.17) is 44.8 Å². The third-order valence-corrected chi connectivity index (χ3v) is 7.27. The van der Waals surface area contributed by atoms with Crippen LogP contribution in [-0.2, 0) is 10.0 Å². The molecule has 0 heterocycles. The minimum Gasteiger partial charge on any atom is -0.456 e. The molecule has 0 fully saturated rings. The van der Waals surface area contributed by atoms with Gasteiger partial charge in [0, 0.05) is 5.02 Å². The number of nitriles is 1. The summed E-state index contributed by atoms with van der Waals surface area (Å²) in [5.74, 6) is 0.130. The molecule has 186 valence electrons. The molecule has 4 aromatic carbocycles. The standard InChI is InChI=1S/C26H16Cl3N3O4S/c27-17-6-12-23(20(14-17)26(33)31-24-13-16(15-30)5-11-21(24)28)32-37(34,35)19-9-7-18(8-10-19)36-25-4-2-1-3-22(25)29/h1-14,32H,(H,31,33). The Morgan fingerprint density at radius 1 is 0.838 bits per heavy atom. The molecule has 4 aromatic rings. The lowest BCUT2D eigenvalue weighted by atomic mass is 10.1. The Bertz CT molecular complexity index is 1640. The van der Waals surface area contributed by atoms with E-state index in [0.717, 1.165) is 0 Å². The van der Waals surface area contributed by atoms with Gasteiger partial charge in [-0.1, -0.05) is 46.9 Å². The average Bonchev–Trinajstić information content (AvgIpc) is 2.88. The third-order valence-electron chi connectivity index (χ3n) is 5.01. The van der Waals surface area contributed by atoms with Gasteiger partial charge in [0.2, 0.25) is 0 Å². The first-order chi connectivity index (χ1) is 17.7. The van der Waals surface area contributed by atoms with E-state index >= 15 is 0 Å². The Hall–Kier alpha value is -3.74. The molecule has 0 atom stereocenters. The summed E-state index contributed by atoms with van der Waals surface area (Å²) in [7, 11) is -4.10. The maximum absolute atomic E-state index is 13.1. The number of anilines is 2. The van der Waals surface area contributed by atoms with E-state index in [9.17, 15) is 13.2 Å². The number of carbonyl (C=O) groups is 1. The number of hydrogen-bond acceptors (Lipinski definition) is 5. The van der Waals surface area contributed by atoms with Gasteiger partial charge >= 0.3 is 0 Å². The van der Waals surface area contributed by atoms with Crippen LogP contribution >= 0.6 is 34.8 Å². The first-order valence-corrected chi connectivity index (χ1v) is 13.1. The van der Waals surface area contributed by atoms with Crippen LogP contribution in [0.4, 0.5) is 11.4 Å². The zero-order valence-corrected chi connectivity index (χ0v) is 21.8. The van der Waals surface area contributed by atoms with E-state index in [2.05, 4.69) is 10.0 Å². The summed E-state index contributed by atoms with van der Waals surface area (Å²) in [6.07, 6.45) is 0. The molecule has 7 nitrogen and oxygen atoms in total. The largest absolute Gasteiger partial charge is 0.456 e. The van der Waals surface area contributed by atoms with Crippen LogP contribution in [0, 0.1) is 11.3 Å². The van der Waals surface area contributed by atoms with Gasteiger partial charge in [0.15, 0.2) is 0 Å². The van der Waals surface area contributed by atoms with Crippen molar-refractivity contribution in [1.29, 1.82) is 5.26 Å². The molecule has 0 saturated heterocycles. The van der Waals surface area contributed by atoms with Crippen LogP contribution in [-0.4, -0.2) is 14.3 Å². The molecule has 0 unspecified atom stereocenters. The molecule has 0 spiro atoms. The summed E-state index contributed by atoms with van der Waals surface area (Å²) in [6.45, 7) is 0. The molecule has 11 heteroatoms. The van der Waals surface area contributed by atoms with Crippen molar-refractivity contribution in [1.82, 2.24) is 0 Å². The normalized spacial score (nSPS) is 10.9. The van der Waals surface area contributed by atoms with Gasteiger partial charge in [-0.15, -0.1) is 0 Å². The van der Waals surface area contributed by atoms with Gasteiger partial charge in [-0.25, -0.2) is 8.42 Å². The van der Waals surface area contributed by atoms with Gasteiger partial charge in [0.1, 0.15) is 11.5 Å². The average molecular weight is 573 g/mol. The molecule has 37 heavy (non-hydrogen) atoms. The Labute approximate surface area is 228 Å². The highest BCUT2D eigenvalue weighted by Gasteiger charge is 2.20. The minimum atomic E-state index is -4.10. The van der Waals surface area contributed by atoms with Crippen molar-refractivity contribution >= 4 is 62.1 Å². The highest BCUT2D eigenvalue weighted by Crippen LogP contribution is 2.31. The molecular weight excluding hydrogens is 557 g/mol. The van der Waals surface area contributed by atoms with Crippen LogP contribution < -0.4 is 14.8 Å². The first-order valence-electron chi connectivity index (χ1n) is 10.5. The minimum absolute atomic E-state index is 0.00847. The molecule has 0 saturated carbocycles. The molecule has 0 aliphatic heterocycles. The second kappa shape index (κ2) is 11.1. The number of nitrogens with zero attached hydrogens (tertiary/aromatic N) is 1. The summed E-state index contributed by atoms with van der Waals surface area (Å²) in [5, 5.41) is 12.5. The number of ether oxygens (including phenoxy) is 1. The molecule has 2 N–H and O–H groups in total. The smallest absolute Gasteiger partial charge is 0.261 e. The van der Waals surface area contributed by atoms with Gasteiger partial charge < -0.3 is 10.1 Å². The lowest BCUT2D eigenvalue weighted by Crippen LogP contribution is -2.19. The van der Waals surface area contributed by atoms with Crippen LogP contribution in [0.3, 0.4) is 0 Å². The van der Waals surface area contributed by atoms with E-state index in [0.29, 0.717) is 16.5 Å². The summed E-state index contributed by atoms with van der Waals surface area (Å²) in [6, 6.07) is 23.0. The number of nitrogens with one attached hydrogen (secondary N) is 2. The van der Waals surface area contributed by atoms with Gasteiger partial charge in [0.05, 0.1) is 43.5 Å². The van der Waals surface area contributed by atoms with Crippen LogP contribution in [0.5, 0.6) is 11.5 Å². The highest BCUT2D eigenvalue weighted by molar-refractivity contribution is 7.92. The zero-order chi connectivity index (χ0) is 26.6. The van der Waals surface area contributed by atoms with E-state index < -0.39 is 15.9 Å². The zero-order valence-electron chi connectivity index (χ0n) is 18.7. The molecular formula is C26H16Cl3N3O4S. The summed E-state index contributed by atoms with van der Waals surface area (Å²) in [5.41, 5.74) is 0.418. The number of hydrogen-bond donors (Lipinski definition) is 2. The number of para-hydroxylation sites is 1. The lowest BCUT2D eigenvalue weighted by molar-refractivity contribution is 0.102. The number of carbonyl (C=O) groups excluding carboxylic acids is 1. The van der Waals surface area contributed by atoms with Crippen molar-refractivity contribution in [2.24, 2.45) is 0 Å². The van der Waals surface area contributed by atoms with Crippen LogP contribution in [0.1, 0.15) is 15.9 Å². The van der Waals surface area contributed by atoms with Gasteiger partial charge in [0.25, 0.3) is 15.9 Å². The lowest BCUT2D eigenvalue weighted by Gasteiger charge is -2.14. The Balaban J connectivity index is 1.57. The Kier molecular flexibility index (Phi) is 7.91. The predicted molar refractivity (Wildman–Crippen MR) is 144 cm³/mol. The SMILES string of the molecule is N#Cc1ccc(Cl)c(NC(=O)c2cc(Cl)ccc2NS(=O)(=O)c2ccc(Oc3ccccc3Cl)cc2)c1. The van der Waals surface area contributed by atoms with Crippen molar-refractivity contribution < 1.29 is 17.9 Å². The van der Waals surface area contributed by atoms with Gasteiger partial charge in [-0.2, -0.15) is 5.26 Å². The molecule has 0 bridgehead atoms. The van der Waals surface area contributed by atoms with E-state index in [1.807, 2.05) is 6.07 Å². The van der Waals surface area contributed by atoms with Crippen LogP contribution in [0.25, 0.3) is 0 Å². The highest BCUT2D eigenvalue weighted by atomic mass is 35.5. The van der Waals surface area contributed by atoms with E-state index in [1.54, 1.807) is 24.3 Å². The fourth-order valence-corrected chi connectivity index (χ4v) is 4.81. The monoisotopic (exact) mass is 571 g/mol. The van der Waals surface area contributed by atoms with Crippen molar-refractivity contribution in [2.45, 2.75) is 4.90 Å². The second-order valence-corrected chi connectivity index (χ2v) is 10.5. The van der Waals surface area contributed by atoms with Crippen LogP contribution in [0.2, 0.25) is 15.1 Å². The molecule has 0 radical (unpaired) electrons. The second-order valence-electron chi connectivity index (χ2n) is 7.56. The molecule has 4 rings (SSSR count). The molecule has 0 aliphatic carbocycles. The van der Waals surface area contributed by atoms with Crippen molar-refractivity contribution in [2.75, 3.05) is 10.0 Å². The number of amides is 1. The third kappa shape index (κ3) is 6.34.